The van der Waals surface area contributed by atoms with Gasteiger partial charge in [0.05, 0.1) is 27.9 Å². The molecular formula is C30H34N4O6. The fraction of sp³-hybridized carbons (Fsp3) is 0.300. The van der Waals surface area contributed by atoms with E-state index in [0.29, 0.717) is 22.9 Å². The Morgan fingerprint density at radius 2 is 1.52 bits per heavy atom. The number of ether oxygens (including phenoxy) is 3. The third-order valence-electron chi connectivity index (χ3n) is 6.76. The molecule has 1 unspecified atom stereocenters. The van der Waals surface area contributed by atoms with E-state index in [1.807, 2.05) is 61.5 Å². The molecule has 1 heterocycles. The van der Waals surface area contributed by atoms with Crippen molar-refractivity contribution in [2.24, 2.45) is 0 Å². The highest BCUT2D eigenvalue weighted by molar-refractivity contribution is 5.99. The zero-order valence-electron chi connectivity index (χ0n) is 23.1. The Kier molecular flexibility index (Phi) is 9.11. The Bertz CT molecular complexity index is 1320. The lowest BCUT2D eigenvalue weighted by atomic mass is 10.1. The highest BCUT2D eigenvalue weighted by atomic mass is 16.5. The van der Waals surface area contributed by atoms with E-state index in [1.165, 1.54) is 26.2 Å². The van der Waals surface area contributed by atoms with E-state index in [1.54, 1.807) is 17.0 Å². The summed E-state index contributed by atoms with van der Waals surface area (Å²) in [5, 5.41) is 5.80. The second-order valence-electron chi connectivity index (χ2n) is 9.37. The van der Waals surface area contributed by atoms with E-state index in [2.05, 4.69) is 10.6 Å². The lowest BCUT2D eigenvalue weighted by Crippen LogP contribution is -2.62. The Balaban J connectivity index is 1.58. The van der Waals surface area contributed by atoms with Crippen LogP contribution in [0.2, 0.25) is 0 Å². The number of anilines is 1. The van der Waals surface area contributed by atoms with Crippen molar-refractivity contribution in [3.05, 3.63) is 83.4 Å². The van der Waals surface area contributed by atoms with E-state index >= 15 is 0 Å². The van der Waals surface area contributed by atoms with Gasteiger partial charge in [-0.3, -0.25) is 9.59 Å². The van der Waals surface area contributed by atoms with Gasteiger partial charge in [-0.05, 0) is 36.8 Å². The molecule has 4 rings (SSSR count). The number of nitrogens with zero attached hydrogens (tertiary/aromatic N) is 2. The fourth-order valence-electron chi connectivity index (χ4n) is 4.55. The SMILES string of the molecule is COc1cc(C(=O)N2CCN(C(=O)Nc3ccc(C)cc3)CC2C(=O)NCc2ccccc2)cc(OC)c1OC. The molecule has 0 spiro atoms. The van der Waals surface area contributed by atoms with E-state index < -0.39 is 11.9 Å². The molecule has 1 saturated heterocycles. The summed E-state index contributed by atoms with van der Waals surface area (Å²) in [5.41, 5.74) is 2.92. The third-order valence-corrected chi connectivity index (χ3v) is 6.76. The van der Waals surface area contributed by atoms with Gasteiger partial charge >= 0.3 is 6.03 Å². The number of nitrogens with one attached hydrogen (secondary N) is 2. The summed E-state index contributed by atoms with van der Waals surface area (Å²) in [6, 6.07) is 18.8. The van der Waals surface area contributed by atoms with Crippen LogP contribution in [0.15, 0.2) is 66.7 Å². The topological polar surface area (TPSA) is 109 Å². The van der Waals surface area contributed by atoms with Crippen LogP contribution in [-0.4, -0.2) is 74.7 Å². The third kappa shape index (κ3) is 6.45. The monoisotopic (exact) mass is 546 g/mol. The Hall–Kier alpha value is -4.73. The molecule has 4 amide bonds. The van der Waals surface area contributed by atoms with Gasteiger partial charge in [-0.2, -0.15) is 0 Å². The summed E-state index contributed by atoms with van der Waals surface area (Å²) in [4.78, 5) is 43.4. The second kappa shape index (κ2) is 12.9. The minimum atomic E-state index is -0.923. The van der Waals surface area contributed by atoms with Gasteiger partial charge in [0, 0.05) is 30.9 Å². The molecule has 40 heavy (non-hydrogen) atoms. The van der Waals surface area contributed by atoms with Crippen molar-refractivity contribution in [3.8, 4) is 17.2 Å². The molecule has 1 atom stereocenters. The molecular weight excluding hydrogens is 512 g/mol. The van der Waals surface area contributed by atoms with Crippen LogP contribution in [0.25, 0.3) is 0 Å². The second-order valence-corrected chi connectivity index (χ2v) is 9.37. The first-order valence-electron chi connectivity index (χ1n) is 12.9. The zero-order chi connectivity index (χ0) is 28.6. The lowest BCUT2D eigenvalue weighted by Gasteiger charge is -2.40. The molecule has 10 heteroatoms. The predicted molar refractivity (Wildman–Crippen MR) is 151 cm³/mol. The molecule has 1 aliphatic heterocycles. The maximum Gasteiger partial charge on any atom is 0.321 e. The summed E-state index contributed by atoms with van der Waals surface area (Å²) < 4.78 is 16.2. The summed E-state index contributed by atoms with van der Waals surface area (Å²) in [5.74, 6) is 0.254. The van der Waals surface area contributed by atoms with Gasteiger partial charge in [0.15, 0.2) is 11.5 Å². The van der Waals surface area contributed by atoms with Crippen LogP contribution in [0.3, 0.4) is 0 Å². The number of piperazine rings is 1. The summed E-state index contributed by atoms with van der Waals surface area (Å²) in [6.07, 6.45) is 0. The molecule has 2 N–H and O–H groups in total. The van der Waals surface area contributed by atoms with Crippen LogP contribution in [-0.2, 0) is 11.3 Å². The molecule has 210 valence electrons. The van der Waals surface area contributed by atoms with Crippen LogP contribution in [0, 0.1) is 6.92 Å². The quantitative estimate of drug-likeness (QED) is 0.446. The molecule has 0 aliphatic carbocycles. The van der Waals surface area contributed by atoms with Crippen molar-refractivity contribution in [2.75, 3.05) is 46.3 Å². The van der Waals surface area contributed by atoms with Gasteiger partial charge < -0.3 is 34.6 Å². The highest BCUT2D eigenvalue weighted by Crippen LogP contribution is 2.38. The van der Waals surface area contributed by atoms with Gasteiger partial charge in [0.1, 0.15) is 6.04 Å². The van der Waals surface area contributed by atoms with Crippen LogP contribution < -0.4 is 24.8 Å². The van der Waals surface area contributed by atoms with E-state index in [-0.39, 0.29) is 43.7 Å². The maximum atomic E-state index is 13.8. The lowest BCUT2D eigenvalue weighted by molar-refractivity contribution is -0.127. The number of methoxy groups -OCH3 is 3. The number of urea groups is 1. The number of carbonyl (C=O) groups is 3. The molecule has 0 bridgehead atoms. The molecule has 0 radical (unpaired) electrons. The van der Waals surface area contributed by atoms with Crippen molar-refractivity contribution >= 4 is 23.5 Å². The number of hydrogen-bond donors (Lipinski definition) is 2. The largest absolute Gasteiger partial charge is 0.493 e. The summed E-state index contributed by atoms with van der Waals surface area (Å²) in [7, 11) is 4.42. The number of amides is 4. The molecule has 1 fully saturated rings. The van der Waals surface area contributed by atoms with Crippen molar-refractivity contribution in [3.63, 3.8) is 0 Å². The first-order valence-corrected chi connectivity index (χ1v) is 12.9. The normalized spacial score (nSPS) is 14.8. The standard InChI is InChI=1S/C30H34N4O6/c1-20-10-12-23(13-11-20)32-30(37)33-14-15-34(24(19-33)28(35)31-18-21-8-6-5-7-9-21)29(36)22-16-25(38-2)27(40-4)26(17-22)39-3/h5-13,16-17,24H,14-15,18-19H2,1-4H3,(H,31,35)(H,32,37). The number of rotatable bonds is 8. The summed E-state index contributed by atoms with van der Waals surface area (Å²) >= 11 is 0. The minimum Gasteiger partial charge on any atom is -0.493 e. The van der Waals surface area contributed by atoms with Crippen LogP contribution in [0.1, 0.15) is 21.5 Å². The van der Waals surface area contributed by atoms with Crippen molar-refractivity contribution in [2.45, 2.75) is 19.5 Å². The van der Waals surface area contributed by atoms with Gasteiger partial charge in [0.25, 0.3) is 5.91 Å². The Morgan fingerprint density at radius 3 is 2.12 bits per heavy atom. The van der Waals surface area contributed by atoms with Crippen molar-refractivity contribution < 1.29 is 28.6 Å². The van der Waals surface area contributed by atoms with Crippen molar-refractivity contribution in [1.82, 2.24) is 15.1 Å². The van der Waals surface area contributed by atoms with Gasteiger partial charge in [0.2, 0.25) is 11.7 Å². The van der Waals surface area contributed by atoms with Gasteiger partial charge in [-0.25, -0.2) is 4.79 Å². The Morgan fingerprint density at radius 1 is 0.875 bits per heavy atom. The smallest absolute Gasteiger partial charge is 0.321 e. The minimum absolute atomic E-state index is 0.0223. The number of benzene rings is 3. The number of aryl methyl sites for hydroxylation is 1. The molecule has 0 saturated carbocycles. The van der Waals surface area contributed by atoms with Crippen LogP contribution in [0.5, 0.6) is 17.2 Å². The average Bonchev–Trinajstić information content (AvgIpc) is 2.99. The molecule has 10 nitrogen and oxygen atoms in total. The maximum absolute atomic E-state index is 13.8. The average molecular weight is 547 g/mol. The molecule has 1 aliphatic rings. The van der Waals surface area contributed by atoms with Crippen molar-refractivity contribution in [1.29, 1.82) is 0 Å². The zero-order valence-corrected chi connectivity index (χ0v) is 23.1. The number of hydrogen-bond acceptors (Lipinski definition) is 6. The first kappa shape index (κ1) is 28.3. The Labute approximate surface area is 233 Å². The molecule has 3 aromatic carbocycles. The fourth-order valence-corrected chi connectivity index (χ4v) is 4.55. The molecule has 0 aromatic heterocycles. The molecule has 3 aromatic rings. The highest BCUT2D eigenvalue weighted by Gasteiger charge is 2.38. The number of carbonyl (C=O) groups excluding carboxylic acids is 3. The first-order chi connectivity index (χ1) is 19.3. The summed E-state index contributed by atoms with van der Waals surface area (Å²) in [6.45, 7) is 2.68. The van der Waals surface area contributed by atoms with Gasteiger partial charge in [-0.1, -0.05) is 48.0 Å². The van der Waals surface area contributed by atoms with Crippen LogP contribution >= 0.6 is 0 Å². The van der Waals surface area contributed by atoms with Crippen LogP contribution in [0.4, 0.5) is 10.5 Å². The predicted octanol–water partition coefficient (Wildman–Crippen LogP) is 3.70. The van der Waals surface area contributed by atoms with E-state index in [9.17, 15) is 14.4 Å². The van der Waals surface area contributed by atoms with E-state index in [0.717, 1.165) is 11.1 Å². The van der Waals surface area contributed by atoms with E-state index in [4.69, 9.17) is 14.2 Å². The van der Waals surface area contributed by atoms with Gasteiger partial charge in [-0.15, -0.1) is 0 Å².